The number of ether oxygens (including phenoxy) is 2. The average Bonchev–Trinajstić information content (AvgIpc) is 3.02. The van der Waals surface area contributed by atoms with Gasteiger partial charge in [-0.1, -0.05) is 18.2 Å². The maximum Gasteiger partial charge on any atom is 0.256 e. The number of nitrogens with zero attached hydrogens (tertiary/aromatic N) is 3. The Morgan fingerprint density at radius 2 is 2.07 bits per heavy atom. The lowest BCUT2D eigenvalue weighted by Crippen LogP contribution is -2.60. The Morgan fingerprint density at radius 3 is 2.83 bits per heavy atom. The predicted molar refractivity (Wildman–Crippen MR) is 109 cm³/mol. The van der Waals surface area contributed by atoms with Crippen molar-refractivity contribution < 1.29 is 14.3 Å². The number of aromatic nitrogens is 1. The molecule has 0 aliphatic carbocycles. The number of para-hydroxylation sites is 1. The fourth-order valence-electron chi connectivity index (χ4n) is 4.91. The Bertz CT molecular complexity index is 966. The summed E-state index contributed by atoms with van der Waals surface area (Å²) in [4.78, 5) is 21.6. The van der Waals surface area contributed by atoms with Crippen molar-refractivity contribution in [2.75, 3.05) is 26.8 Å². The van der Waals surface area contributed by atoms with Gasteiger partial charge in [0.05, 0.1) is 31.5 Å². The van der Waals surface area contributed by atoms with Crippen molar-refractivity contribution >= 4 is 5.91 Å². The molecule has 0 atom stereocenters. The molecule has 152 valence electrons. The molecule has 0 bridgehead atoms. The largest absolute Gasteiger partial charge is 0.493 e. The fourth-order valence-corrected chi connectivity index (χ4v) is 4.91. The first kappa shape index (κ1) is 18.4. The van der Waals surface area contributed by atoms with Crippen LogP contribution in [0, 0.1) is 5.41 Å². The van der Waals surface area contributed by atoms with Crippen LogP contribution >= 0.6 is 0 Å². The van der Waals surface area contributed by atoms with Gasteiger partial charge in [0.25, 0.3) is 5.91 Å². The summed E-state index contributed by atoms with van der Waals surface area (Å²) in [5.74, 6) is 1.73. The van der Waals surface area contributed by atoms with Gasteiger partial charge in [0, 0.05) is 36.7 Å². The van der Waals surface area contributed by atoms with Crippen molar-refractivity contribution in [3.63, 3.8) is 0 Å². The van der Waals surface area contributed by atoms with Crippen LogP contribution in [0.4, 0.5) is 0 Å². The minimum absolute atomic E-state index is 0.0729. The molecule has 0 radical (unpaired) electrons. The maximum absolute atomic E-state index is 12.7. The average molecular weight is 393 g/mol. The molecule has 1 aromatic carbocycles. The Balaban J connectivity index is 1.31. The summed E-state index contributed by atoms with van der Waals surface area (Å²) in [6.45, 7) is 8.09. The molecular formula is C23H27N3O3. The number of pyridine rings is 1. The molecule has 4 heterocycles. The predicted octanol–water partition coefficient (Wildman–Crippen LogP) is 2.89. The summed E-state index contributed by atoms with van der Waals surface area (Å²) in [7, 11) is 1.65. The van der Waals surface area contributed by atoms with Crippen molar-refractivity contribution in [2.45, 2.75) is 39.4 Å². The maximum atomic E-state index is 12.7. The lowest BCUT2D eigenvalue weighted by atomic mass is 9.74. The normalized spacial score (nSPS) is 19.7. The minimum atomic E-state index is 0.0729. The lowest BCUT2D eigenvalue weighted by molar-refractivity contribution is -0.0481. The molecule has 3 aliphatic rings. The third kappa shape index (κ3) is 3.06. The van der Waals surface area contributed by atoms with Gasteiger partial charge < -0.3 is 14.4 Å². The standard InChI is InChI=1S/C23H27N3O3/c1-15(2)26-11-19-18(22(26)27)8-17(21(24-19)28-3)10-25-12-23(13-25)9-16-6-4-5-7-20(16)29-14-23/h4-8,15H,9-14H2,1-3H3. The first-order chi connectivity index (χ1) is 14.0. The first-order valence-corrected chi connectivity index (χ1v) is 10.3. The number of carbonyl (C=O) groups is 1. The molecule has 6 heteroatoms. The van der Waals surface area contributed by atoms with Crippen LogP contribution in [0.25, 0.3) is 0 Å². The molecule has 1 saturated heterocycles. The van der Waals surface area contributed by atoms with E-state index in [-0.39, 0.29) is 17.4 Å². The Kier molecular flexibility index (Phi) is 4.28. The molecule has 2 aromatic rings. The van der Waals surface area contributed by atoms with Crippen molar-refractivity contribution in [1.29, 1.82) is 0 Å². The Labute approximate surface area is 171 Å². The second kappa shape index (κ2) is 6.73. The van der Waals surface area contributed by atoms with Crippen LogP contribution in [0.2, 0.25) is 0 Å². The summed E-state index contributed by atoms with van der Waals surface area (Å²) < 4.78 is 11.6. The van der Waals surface area contributed by atoms with Gasteiger partial charge in [-0.3, -0.25) is 9.69 Å². The lowest BCUT2D eigenvalue weighted by Gasteiger charge is -2.52. The zero-order valence-electron chi connectivity index (χ0n) is 17.3. The van der Waals surface area contributed by atoms with Gasteiger partial charge in [0.1, 0.15) is 5.75 Å². The third-order valence-electron chi connectivity index (χ3n) is 6.35. The van der Waals surface area contributed by atoms with E-state index in [1.165, 1.54) is 5.56 Å². The van der Waals surface area contributed by atoms with Crippen LogP contribution in [0.3, 0.4) is 0 Å². The molecule has 0 N–H and O–H groups in total. The molecule has 1 aromatic heterocycles. The highest BCUT2D eigenvalue weighted by atomic mass is 16.5. The van der Waals surface area contributed by atoms with E-state index in [1.807, 2.05) is 30.9 Å². The van der Waals surface area contributed by atoms with Crippen LogP contribution in [-0.2, 0) is 19.5 Å². The molecule has 29 heavy (non-hydrogen) atoms. The summed E-state index contributed by atoms with van der Waals surface area (Å²) >= 11 is 0. The van der Waals surface area contributed by atoms with Crippen molar-refractivity contribution in [3.05, 3.63) is 52.7 Å². The monoisotopic (exact) mass is 393 g/mol. The van der Waals surface area contributed by atoms with Crippen LogP contribution in [0.15, 0.2) is 30.3 Å². The number of hydrogen-bond acceptors (Lipinski definition) is 5. The molecule has 5 rings (SSSR count). The Hall–Kier alpha value is -2.60. The molecule has 1 fully saturated rings. The van der Waals surface area contributed by atoms with Gasteiger partial charge in [0.15, 0.2) is 0 Å². The van der Waals surface area contributed by atoms with Crippen LogP contribution in [0.1, 0.15) is 41.0 Å². The van der Waals surface area contributed by atoms with Gasteiger partial charge in [-0.15, -0.1) is 0 Å². The van der Waals surface area contributed by atoms with E-state index < -0.39 is 0 Å². The Morgan fingerprint density at radius 1 is 1.28 bits per heavy atom. The summed E-state index contributed by atoms with van der Waals surface area (Å²) in [6.07, 6.45) is 1.06. The first-order valence-electron chi connectivity index (χ1n) is 10.3. The van der Waals surface area contributed by atoms with Crippen LogP contribution in [0.5, 0.6) is 11.6 Å². The van der Waals surface area contributed by atoms with Gasteiger partial charge in [-0.05, 0) is 38.0 Å². The second-order valence-electron chi connectivity index (χ2n) is 8.90. The van der Waals surface area contributed by atoms with Gasteiger partial charge in [-0.2, -0.15) is 0 Å². The van der Waals surface area contributed by atoms with E-state index in [2.05, 4.69) is 28.1 Å². The van der Waals surface area contributed by atoms with Gasteiger partial charge >= 0.3 is 0 Å². The topological polar surface area (TPSA) is 54.9 Å². The highest BCUT2D eigenvalue weighted by molar-refractivity contribution is 5.98. The number of methoxy groups -OCH3 is 1. The third-order valence-corrected chi connectivity index (χ3v) is 6.35. The summed E-state index contributed by atoms with van der Waals surface area (Å²) in [6, 6.07) is 10.5. The van der Waals surface area contributed by atoms with E-state index in [4.69, 9.17) is 9.47 Å². The summed E-state index contributed by atoms with van der Waals surface area (Å²) in [5, 5.41) is 0. The van der Waals surface area contributed by atoms with Gasteiger partial charge in [0.2, 0.25) is 5.88 Å². The van der Waals surface area contributed by atoms with E-state index in [9.17, 15) is 4.79 Å². The van der Waals surface area contributed by atoms with Crippen molar-refractivity contribution in [2.24, 2.45) is 5.41 Å². The highest BCUT2D eigenvalue weighted by Crippen LogP contribution is 2.42. The molecule has 1 amide bonds. The number of benzene rings is 1. The van der Waals surface area contributed by atoms with E-state index in [1.54, 1.807) is 7.11 Å². The van der Waals surface area contributed by atoms with Gasteiger partial charge in [-0.25, -0.2) is 4.98 Å². The SMILES string of the molecule is COc1nc2c(cc1CN1CC3(COc4ccccc4C3)C1)C(=O)N(C(C)C)C2. The quantitative estimate of drug-likeness (QED) is 0.800. The molecule has 0 saturated carbocycles. The van der Waals surface area contributed by atoms with E-state index >= 15 is 0 Å². The molecular weight excluding hydrogens is 366 g/mol. The number of likely N-dealkylation sites (tertiary alicyclic amines) is 1. The fraction of sp³-hybridized carbons (Fsp3) is 0.478. The molecule has 0 unspecified atom stereocenters. The number of hydrogen-bond donors (Lipinski definition) is 0. The van der Waals surface area contributed by atoms with Crippen LogP contribution in [-0.4, -0.2) is 53.5 Å². The van der Waals surface area contributed by atoms with Crippen molar-refractivity contribution in [1.82, 2.24) is 14.8 Å². The second-order valence-corrected chi connectivity index (χ2v) is 8.90. The molecule has 3 aliphatic heterocycles. The highest BCUT2D eigenvalue weighted by Gasteiger charge is 2.46. The number of rotatable bonds is 4. The molecule has 6 nitrogen and oxygen atoms in total. The van der Waals surface area contributed by atoms with Crippen LogP contribution < -0.4 is 9.47 Å². The number of fused-ring (bicyclic) bond motifs is 2. The number of amides is 1. The summed E-state index contributed by atoms with van der Waals surface area (Å²) in [5.41, 5.74) is 4.02. The van der Waals surface area contributed by atoms with E-state index in [0.717, 1.165) is 55.2 Å². The smallest absolute Gasteiger partial charge is 0.256 e. The minimum Gasteiger partial charge on any atom is -0.493 e. The zero-order chi connectivity index (χ0) is 20.2. The zero-order valence-corrected chi connectivity index (χ0v) is 17.3. The molecule has 1 spiro atoms. The van der Waals surface area contributed by atoms with Crippen molar-refractivity contribution in [3.8, 4) is 11.6 Å². The van der Waals surface area contributed by atoms with E-state index in [0.29, 0.717) is 12.4 Å². The number of carbonyl (C=O) groups excluding carboxylic acids is 1.